The maximum atomic E-state index is 6.13. The summed E-state index contributed by atoms with van der Waals surface area (Å²) in [4.78, 5) is 0. The fourth-order valence-corrected chi connectivity index (χ4v) is 3.65. The third-order valence-corrected chi connectivity index (χ3v) is 5.52. The van der Waals surface area contributed by atoms with Gasteiger partial charge < -0.3 is 4.74 Å². The normalized spacial score (nSPS) is 11.6. The molecule has 4 aromatic rings. The Balaban J connectivity index is 1.48. The lowest BCUT2D eigenvalue weighted by Gasteiger charge is -2.11. The highest BCUT2D eigenvalue weighted by molar-refractivity contribution is 5.95. The largest absolute Gasteiger partial charge is 0.491 e. The lowest BCUT2D eigenvalue weighted by molar-refractivity contribution is 0.306. The summed E-state index contributed by atoms with van der Waals surface area (Å²) in [5.74, 6) is 0.770. The molecule has 5 nitrogen and oxygen atoms in total. The third-order valence-electron chi connectivity index (χ3n) is 5.52. The van der Waals surface area contributed by atoms with Gasteiger partial charge in [-0.15, -0.1) is 5.11 Å². The summed E-state index contributed by atoms with van der Waals surface area (Å²) >= 11 is 0. The van der Waals surface area contributed by atoms with Crippen LogP contribution in [0.4, 0.5) is 22.7 Å². The van der Waals surface area contributed by atoms with Gasteiger partial charge in [-0.1, -0.05) is 81.1 Å². The van der Waals surface area contributed by atoms with Gasteiger partial charge in [0.1, 0.15) is 11.4 Å². The average molecular weight is 451 g/mol. The molecule has 0 radical (unpaired) electrons. The second kappa shape index (κ2) is 12.4. The molecule has 34 heavy (non-hydrogen) atoms. The van der Waals surface area contributed by atoms with Gasteiger partial charge in [-0.3, -0.25) is 0 Å². The van der Waals surface area contributed by atoms with Crippen LogP contribution in [-0.4, -0.2) is 6.61 Å². The molecule has 0 amide bonds. The summed E-state index contributed by atoms with van der Waals surface area (Å²) in [6.45, 7) is 2.91. The predicted octanol–water partition coefficient (Wildman–Crippen LogP) is 10.0. The van der Waals surface area contributed by atoms with Crippen LogP contribution in [0.3, 0.4) is 0 Å². The van der Waals surface area contributed by atoms with Crippen LogP contribution >= 0.6 is 0 Å². The molecule has 4 aromatic carbocycles. The summed E-state index contributed by atoms with van der Waals surface area (Å²) in [6, 6.07) is 29.5. The first-order valence-corrected chi connectivity index (χ1v) is 12.0. The zero-order chi connectivity index (χ0) is 23.4. The van der Waals surface area contributed by atoms with Crippen LogP contribution in [0.2, 0.25) is 0 Å². The SMILES string of the molecule is CCCCCCCOc1ccc2ccccc2c1N=Nc1ccc(N=Nc2ccccc2)cc1. The molecule has 0 unspecified atom stereocenters. The number of hydrogen-bond donors (Lipinski definition) is 0. The topological polar surface area (TPSA) is 58.7 Å². The van der Waals surface area contributed by atoms with Gasteiger partial charge in [0.15, 0.2) is 0 Å². The molecule has 0 heterocycles. The highest BCUT2D eigenvalue weighted by Crippen LogP contribution is 2.37. The summed E-state index contributed by atoms with van der Waals surface area (Å²) < 4.78 is 6.13. The number of azo groups is 2. The van der Waals surface area contributed by atoms with Crippen LogP contribution in [0, 0.1) is 0 Å². The van der Waals surface area contributed by atoms with Gasteiger partial charge >= 0.3 is 0 Å². The number of nitrogens with zero attached hydrogens (tertiary/aromatic N) is 4. The Bertz CT molecular complexity index is 1230. The van der Waals surface area contributed by atoms with E-state index in [1.807, 2.05) is 72.8 Å². The van der Waals surface area contributed by atoms with E-state index in [1.54, 1.807) is 0 Å². The molecule has 0 aliphatic heterocycles. The smallest absolute Gasteiger partial charge is 0.147 e. The Labute approximate surface area is 201 Å². The molecular formula is C29H30N4O. The molecule has 0 aliphatic carbocycles. The number of benzene rings is 4. The Morgan fingerprint density at radius 1 is 0.559 bits per heavy atom. The molecule has 0 fully saturated rings. The van der Waals surface area contributed by atoms with Crippen LogP contribution in [0.5, 0.6) is 5.75 Å². The highest BCUT2D eigenvalue weighted by atomic mass is 16.5. The molecule has 5 heteroatoms. The molecular weight excluding hydrogens is 420 g/mol. The summed E-state index contributed by atoms with van der Waals surface area (Å²) in [5, 5.41) is 19.8. The van der Waals surface area contributed by atoms with Crippen molar-refractivity contribution in [1.29, 1.82) is 0 Å². The van der Waals surface area contributed by atoms with Gasteiger partial charge in [0.2, 0.25) is 0 Å². The minimum absolute atomic E-state index is 0.686. The van der Waals surface area contributed by atoms with Crippen molar-refractivity contribution in [3.8, 4) is 5.75 Å². The van der Waals surface area contributed by atoms with Gasteiger partial charge in [-0.05, 0) is 54.3 Å². The minimum atomic E-state index is 0.686. The van der Waals surface area contributed by atoms with Gasteiger partial charge in [0.25, 0.3) is 0 Å². The van der Waals surface area contributed by atoms with E-state index >= 15 is 0 Å². The first-order valence-electron chi connectivity index (χ1n) is 12.0. The fraction of sp³-hybridized carbons (Fsp3) is 0.241. The van der Waals surface area contributed by atoms with Crippen molar-refractivity contribution in [3.63, 3.8) is 0 Å². The summed E-state index contributed by atoms with van der Waals surface area (Å²) in [7, 11) is 0. The lowest BCUT2D eigenvalue weighted by Crippen LogP contribution is -1.97. The number of rotatable bonds is 11. The van der Waals surface area contributed by atoms with Gasteiger partial charge in [-0.2, -0.15) is 15.3 Å². The summed E-state index contributed by atoms with van der Waals surface area (Å²) in [6.07, 6.45) is 6.01. The number of hydrogen-bond acceptors (Lipinski definition) is 5. The molecule has 0 spiro atoms. The van der Waals surface area contributed by atoms with Crippen molar-refractivity contribution in [3.05, 3.63) is 91.0 Å². The van der Waals surface area contributed by atoms with E-state index < -0.39 is 0 Å². The highest BCUT2D eigenvalue weighted by Gasteiger charge is 2.09. The molecule has 0 bridgehead atoms. The molecule has 0 aliphatic rings. The molecule has 0 N–H and O–H groups in total. The van der Waals surface area contributed by atoms with Gasteiger partial charge in [0.05, 0.1) is 23.7 Å². The van der Waals surface area contributed by atoms with Crippen LogP contribution in [0.15, 0.2) is 111 Å². The van der Waals surface area contributed by atoms with E-state index in [1.165, 1.54) is 25.7 Å². The third kappa shape index (κ3) is 6.58. The van der Waals surface area contributed by atoms with Crippen molar-refractivity contribution in [2.24, 2.45) is 20.5 Å². The van der Waals surface area contributed by atoms with E-state index in [0.717, 1.165) is 45.7 Å². The Morgan fingerprint density at radius 3 is 1.91 bits per heavy atom. The quantitative estimate of drug-likeness (QED) is 0.166. The van der Waals surface area contributed by atoms with E-state index in [9.17, 15) is 0 Å². The molecule has 4 rings (SSSR count). The second-order valence-electron chi connectivity index (χ2n) is 8.15. The lowest BCUT2D eigenvalue weighted by atomic mass is 10.1. The van der Waals surface area contributed by atoms with E-state index in [2.05, 4.69) is 45.6 Å². The molecule has 0 saturated heterocycles. The van der Waals surface area contributed by atoms with Crippen LogP contribution in [-0.2, 0) is 0 Å². The van der Waals surface area contributed by atoms with Gasteiger partial charge in [0, 0.05) is 5.39 Å². The number of ether oxygens (including phenoxy) is 1. The maximum absolute atomic E-state index is 6.13. The van der Waals surface area contributed by atoms with Crippen molar-refractivity contribution in [1.82, 2.24) is 0 Å². The molecule has 0 atom stereocenters. The van der Waals surface area contributed by atoms with E-state index in [0.29, 0.717) is 6.61 Å². The number of unbranched alkanes of at least 4 members (excludes halogenated alkanes) is 4. The second-order valence-corrected chi connectivity index (χ2v) is 8.15. The van der Waals surface area contributed by atoms with Crippen molar-refractivity contribution in [2.75, 3.05) is 6.61 Å². The van der Waals surface area contributed by atoms with Crippen molar-refractivity contribution in [2.45, 2.75) is 39.0 Å². The van der Waals surface area contributed by atoms with Crippen molar-refractivity contribution < 1.29 is 4.74 Å². The van der Waals surface area contributed by atoms with E-state index in [4.69, 9.17) is 4.74 Å². The first-order chi connectivity index (χ1) is 16.8. The van der Waals surface area contributed by atoms with Crippen LogP contribution in [0.25, 0.3) is 10.8 Å². The Hall–Kier alpha value is -3.86. The first kappa shape index (κ1) is 23.3. The molecule has 0 aromatic heterocycles. The van der Waals surface area contributed by atoms with E-state index in [-0.39, 0.29) is 0 Å². The zero-order valence-corrected chi connectivity index (χ0v) is 19.6. The predicted molar refractivity (Wildman–Crippen MR) is 139 cm³/mol. The molecule has 0 saturated carbocycles. The monoisotopic (exact) mass is 450 g/mol. The maximum Gasteiger partial charge on any atom is 0.147 e. The number of fused-ring (bicyclic) bond motifs is 1. The zero-order valence-electron chi connectivity index (χ0n) is 19.6. The van der Waals surface area contributed by atoms with Crippen LogP contribution < -0.4 is 4.74 Å². The minimum Gasteiger partial charge on any atom is -0.491 e. The van der Waals surface area contributed by atoms with Gasteiger partial charge in [-0.25, -0.2) is 0 Å². The summed E-state index contributed by atoms with van der Waals surface area (Å²) in [5.41, 5.74) is 3.09. The standard InChI is InChI=1S/C29H30N4O/c1-2-3-4-5-11-22-34-28-21-16-23-12-9-10-15-27(23)29(28)33-32-26-19-17-25(18-20-26)31-30-24-13-7-6-8-14-24/h6-10,12-21H,2-5,11,22H2,1H3. The Kier molecular flexibility index (Phi) is 8.50. The van der Waals surface area contributed by atoms with Crippen molar-refractivity contribution >= 4 is 33.5 Å². The van der Waals surface area contributed by atoms with Crippen LogP contribution in [0.1, 0.15) is 39.0 Å². The average Bonchev–Trinajstić information content (AvgIpc) is 2.89. The molecule has 172 valence electrons. The fourth-order valence-electron chi connectivity index (χ4n) is 3.65. The Morgan fingerprint density at radius 2 is 1.18 bits per heavy atom.